The molecule has 0 radical (unpaired) electrons. The van der Waals surface area contributed by atoms with E-state index in [1.54, 1.807) is 0 Å². The Kier molecular flexibility index (Phi) is 3.18. The molecule has 0 atom stereocenters. The summed E-state index contributed by atoms with van der Waals surface area (Å²) in [5.74, 6) is -1.08. The van der Waals surface area contributed by atoms with Crippen LogP contribution in [0.4, 0.5) is 14.7 Å². The molecule has 1 aromatic heterocycles. The van der Waals surface area contributed by atoms with Gasteiger partial charge in [-0.1, -0.05) is 20.8 Å². The van der Waals surface area contributed by atoms with Gasteiger partial charge in [0.2, 0.25) is 5.95 Å². The average molecular weight is 264 g/mol. The Morgan fingerprint density at radius 1 is 1.00 bits per heavy atom. The minimum absolute atomic E-state index is 0.0552. The molecule has 6 heteroatoms. The van der Waals surface area contributed by atoms with Crippen molar-refractivity contribution in [3.63, 3.8) is 0 Å². The van der Waals surface area contributed by atoms with Crippen molar-refractivity contribution in [1.82, 2.24) is 15.0 Å². The maximum atomic E-state index is 13.2. The van der Waals surface area contributed by atoms with Crippen LogP contribution in [0, 0.1) is 11.6 Å². The Balaban J connectivity index is 2.56. The van der Waals surface area contributed by atoms with Crippen molar-refractivity contribution in [1.29, 1.82) is 0 Å². The predicted molar refractivity (Wildman–Crippen MR) is 68.3 cm³/mol. The molecule has 0 saturated carbocycles. The highest BCUT2D eigenvalue weighted by atomic mass is 19.2. The Bertz CT molecular complexity index is 621. The SMILES string of the molecule is CC(C)(C)c1nc(N)nc(-c2ccc(F)c(F)c2)n1. The highest BCUT2D eigenvalue weighted by Crippen LogP contribution is 2.23. The second-order valence-corrected chi connectivity index (χ2v) is 5.22. The lowest BCUT2D eigenvalue weighted by atomic mass is 9.96. The third-order valence-corrected chi connectivity index (χ3v) is 2.50. The molecule has 19 heavy (non-hydrogen) atoms. The summed E-state index contributed by atoms with van der Waals surface area (Å²) in [5, 5.41) is 0. The van der Waals surface area contributed by atoms with Crippen LogP contribution in [0.1, 0.15) is 26.6 Å². The van der Waals surface area contributed by atoms with Crippen LogP contribution in [0.5, 0.6) is 0 Å². The van der Waals surface area contributed by atoms with E-state index in [2.05, 4.69) is 15.0 Å². The van der Waals surface area contributed by atoms with Crippen molar-refractivity contribution in [2.24, 2.45) is 0 Å². The van der Waals surface area contributed by atoms with Gasteiger partial charge < -0.3 is 5.73 Å². The zero-order chi connectivity index (χ0) is 14.2. The lowest BCUT2D eigenvalue weighted by molar-refractivity contribution is 0.509. The molecule has 0 aliphatic carbocycles. The molecule has 100 valence electrons. The monoisotopic (exact) mass is 264 g/mol. The van der Waals surface area contributed by atoms with Crippen molar-refractivity contribution in [2.75, 3.05) is 5.73 Å². The van der Waals surface area contributed by atoms with E-state index in [4.69, 9.17) is 5.73 Å². The lowest BCUT2D eigenvalue weighted by Crippen LogP contribution is -2.18. The largest absolute Gasteiger partial charge is 0.368 e. The summed E-state index contributed by atoms with van der Waals surface area (Å²) in [7, 11) is 0. The first-order valence-electron chi connectivity index (χ1n) is 5.75. The van der Waals surface area contributed by atoms with Crippen molar-refractivity contribution in [2.45, 2.75) is 26.2 Å². The lowest BCUT2D eigenvalue weighted by Gasteiger charge is -2.17. The number of nitrogen functional groups attached to an aromatic ring is 1. The van der Waals surface area contributed by atoms with Crippen molar-refractivity contribution < 1.29 is 8.78 Å². The summed E-state index contributed by atoms with van der Waals surface area (Å²) in [5.41, 5.74) is 5.68. The van der Waals surface area contributed by atoms with Gasteiger partial charge in [0.15, 0.2) is 17.5 Å². The molecule has 0 unspecified atom stereocenters. The van der Waals surface area contributed by atoms with E-state index < -0.39 is 11.6 Å². The van der Waals surface area contributed by atoms with E-state index in [0.717, 1.165) is 12.1 Å². The second kappa shape index (κ2) is 4.53. The highest BCUT2D eigenvalue weighted by Gasteiger charge is 2.20. The Hall–Kier alpha value is -2.11. The normalized spacial score (nSPS) is 11.6. The molecule has 2 rings (SSSR count). The first-order valence-corrected chi connectivity index (χ1v) is 5.75. The number of nitrogens with two attached hydrogens (primary N) is 1. The fourth-order valence-electron chi connectivity index (χ4n) is 1.49. The Morgan fingerprint density at radius 2 is 1.68 bits per heavy atom. The Labute approximate surface area is 109 Å². The van der Waals surface area contributed by atoms with E-state index in [-0.39, 0.29) is 17.2 Å². The zero-order valence-electron chi connectivity index (χ0n) is 10.9. The third kappa shape index (κ3) is 2.83. The molecular weight excluding hydrogens is 250 g/mol. The number of halogens is 2. The van der Waals surface area contributed by atoms with Crippen LogP contribution in [-0.2, 0) is 5.41 Å². The van der Waals surface area contributed by atoms with Crippen LogP contribution in [0.25, 0.3) is 11.4 Å². The molecule has 0 bridgehead atoms. The molecule has 1 aromatic carbocycles. The van der Waals surface area contributed by atoms with E-state index in [1.165, 1.54) is 6.07 Å². The third-order valence-electron chi connectivity index (χ3n) is 2.50. The second-order valence-electron chi connectivity index (χ2n) is 5.22. The van der Waals surface area contributed by atoms with Crippen LogP contribution in [-0.4, -0.2) is 15.0 Å². The van der Waals surface area contributed by atoms with Gasteiger partial charge in [0.05, 0.1) is 0 Å². The van der Waals surface area contributed by atoms with E-state index in [0.29, 0.717) is 11.4 Å². The van der Waals surface area contributed by atoms with Crippen molar-refractivity contribution in [3.8, 4) is 11.4 Å². The smallest absolute Gasteiger partial charge is 0.223 e. The van der Waals surface area contributed by atoms with Crippen molar-refractivity contribution in [3.05, 3.63) is 35.7 Å². The number of anilines is 1. The van der Waals surface area contributed by atoms with Gasteiger partial charge in [-0.3, -0.25) is 0 Å². The van der Waals surface area contributed by atoms with Gasteiger partial charge in [-0.15, -0.1) is 0 Å². The minimum Gasteiger partial charge on any atom is -0.368 e. The number of rotatable bonds is 1. The molecule has 2 N–H and O–H groups in total. The van der Waals surface area contributed by atoms with Gasteiger partial charge >= 0.3 is 0 Å². The fourth-order valence-corrected chi connectivity index (χ4v) is 1.49. The van der Waals surface area contributed by atoms with Gasteiger partial charge in [-0.25, -0.2) is 13.8 Å². The summed E-state index contributed by atoms with van der Waals surface area (Å²) in [6, 6.07) is 3.47. The zero-order valence-corrected chi connectivity index (χ0v) is 10.9. The first kappa shape index (κ1) is 13.3. The quantitative estimate of drug-likeness (QED) is 0.860. The molecule has 2 aromatic rings. The van der Waals surface area contributed by atoms with E-state index >= 15 is 0 Å². The molecule has 0 aliphatic rings. The Morgan fingerprint density at radius 3 is 2.26 bits per heavy atom. The molecule has 0 amide bonds. The van der Waals surface area contributed by atoms with Crippen LogP contribution in [0.15, 0.2) is 18.2 Å². The van der Waals surface area contributed by atoms with E-state index in [9.17, 15) is 8.78 Å². The maximum absolute atomic E-state index is 13.2. The fraction of sp³-hybridized carbons (Fsp3) is 0.308. The predicted octanol–water partition coefficient (Wildman–Crippen LogP) is 2.70. The van der Waals surface area contributed by atoms with Crippen LogP contribution in [0.2, 0.25) is 0 Å². The number of hydrogen-bond donors (Lipinski definition) is 1. The van der Waals surface area contributed by atoms with Crippen LogP contribution in [0.3, 0.4) is 0 Å². The van der Waals surface area contributed by atoms with Crippen LogP contribution < -0.4 is 5.73 Å². The maximum Gasteiger partial charge on any atom is 0.223 e. The topological polar surface area (TPSA) is 64.7 Å². The standard InChI is InChI=1S/C13H14F2N4/c1-13(2,3)11-17-10(18-12(16)19-11)7-4-5-8(14)9(15)6-7/h4-6H,1-3H3,(H2,16,17,18,19). The summed E-state index contributed by atoms with van der Waals surface area (Å²) in [6.45, 7) is 5.78. The summed E-state index contributed by atoms with van der Waals surface area (Å²) in [4.78, 5) is 12.3. The van der Waals surface area contributed by atoms with Crippen molar-refractivity contribution >= 4 is 5.95 Å². The molecule has 0 saturated heterocycles. The number of nitrogens with zero attached hydrogens (tertiary/aromatic N) is 3. The van der Waals surface area contributed by atoms with Crippen LogP contribution >= 0.6 is 0 Å². The molecule has 4 nitrogen and oxygen atoms in total. The summed E-state index contributed by atoms with van der Waals surface area (Å²) in [6.07, 6.45) is 0. The molecule has 0 spiro atoms. The van der Waals surface area contributed by atoms with Gasteiger partial charge in [0, 0.05) is 11.0 Å². The van der Waals surface area contributed by atoms with Gasteiger partial charge in [0.25, 0.3) is 0 Å². The van der Waals surface area contributed by atoms with E-state index in [1.807, 2.05) is 20.8 Å². The van der Waals surface area contributed by atoms with Gasteiger partial charge in [-0.2, -0.15) is 9.97 Å². The minimum atomic E-state index is -0.950. The molecular formula is C13H14F2N4. The van der Waals surface area contributed by atoms with Gasteiger partial charge in [-0.05, 0) is 18.2 Å². The average Bonchev–Trinajstić information content (AvgIpc) is 2.31. The molecule has 0 fully saturated rings. The first-order chi connectivity index (χ1) is 8.77. The number of hydrogen-bond acceptors (Lipinski definition) is 4. The molecule has 1 heterocycles. The summed E-state index contributed by atoms with van der Waals surface area (Å²) >= 11 is 0. The highest BCUT2D eigenvalue weighted by molar-refractivity contribution is 5.56. The number of aromatic nitrogens is 3. The number of benzene rings is 1. The molecule has 0 aliphatic heterocycles. The van der Waals surface area contributed by atoms with Gasteiger partial charge in [0.1, 0.15) is 5.82 Å². The summed E-state index contributed by atoms with van der Waals surface area (Å²) < 4.78 is 26.1.